The van der Waals surface area contributed by atoms with Crippen LogP contribution in [-0.2, 0) is 14.3 Å². The highest BCUT2D eigenvalue weighted by Gasteiger charge is 2.12. The van der Waals surface area contributed by atoms with Crippen LogP contribution >= 0.6 is 11.8 Å². The van der Waals surface area contributed by atoms with Gasteiger partial charge in [-0.2, -0.15) is 0 Å². The van der Waals surface area contributed by atoms with Crippen molar-refractivity contribution >= 4 is 35.0 Å². The van der Waals surface area contributed by atoms with Gasteiger partial charge in [-0.1, -0.05) is 0 Å². The molecule has 0 aliphatic heterocycles. The van der Waals surface area contributed by atoms with Gasteiger partial charge in [-0.15, -0.1) is 11.8 Å². The Morgan fingerprint density at radius 2 is 1.82 bits per heavy atom. The van der Waals surface area contributed by atoms with E-state index in [-0.39, 0.29) is 11.4 Å². The summed E-state index contributed by atoms with van der Waals surface area (Å²) in [6, 6.07) is 10.7. The average Bonchev–Trinajstić information content (AvgIpc) is 2.70. The van der Waals surface area contributed by atoms with E-state index in [4.69, 9.17) is 14.2 Å². The van der Waals surface area contributed by atoms with Gasteiger partial charge in [0.15, 0.2) is 6.61 Å². The fourth-order valence-corrected chi connectivity index (χ4v) is 2.79. The number of nitrogens with zero attached hydrogens (tertiary/aromatic N) is 1. The number of hydrogen-bond acceptors (Lipinski definition) is 8. The highest BCUT2D eigenvalue weighted by Crippen LogP contribution is 2.28. The summed E-state index contributed by atoms with van der Waals surface area (Å²) in [5.41, 5.74) is 0.361. The number of benzene rings is 2. The third kappa shape index (κ3) is 6.16. The normalized spacial score (nSPS) is 10.1. The first-order valence-electron chi connectivity index (χ1n) is 7.97. The Morgan fingerprint density at radius 3 is 2.43 bits per heavy atom. The molecule has 2 rings (SSSR count). The molecule has 0 atom stereocenters. The van der Waals surface area contributed by atoms with Crippen LogP contribution in [0.4, 0.5) is 11.4 Å². The molecule has 0 saturated carbocycles. The molecule has 0 aliphatic carbocycles. The van der Waals surface area contributed by atoms with Crippen molar-refractivity contribution in [3.63, 3.8) is 0 Å². The zero-order chi connectivity index (χ0) is 20.5. The van der Waals surface area contributed by atoms with Crippen LogP contribution < -0.4 is 14.8 Å². The van der Waals surface area contributed by atoms with Crippen LogP contribution in [-0.4, -0.2) is 43.4 Å². The highest BCUT2D eigenvalue weighted by molar-refractivity contribution is 8.00. The van der Waals surface area contributed by atoms with Crippen LogP contribution in [0.5, 0.6) is 11.5 Å². The quantitative estimate of drug-likeness (QED) is 0.292. The molecule has 2 aromatic carbocycles. The summed E-state index contributed by atoms with van der Waals surface area (Å²) in [6.45, 7) is -0.458. The molecule has 0 heterocycles. The van der Waals surface area contributed by atoms with Crippen LogP contribution in [0.25, 0.3) is 0 Å². The molecule has 28 heavy (non-hydrogen) atoms. The number of ether oxygens (including phenoxy) is 3. The Kier molecular flexibility index (Phi) is 7.64. The predicted molar refractivity (Wildman–Crippen MR) is 103 cm³/mol. The summed E-state index contributed by atoms with van der Waals surface area (Å²) in [4.78, 5) is 34.6. The second-order valence-electron chi connectivity index (χ2n) is 5.31. The third-order valence-corrected chi connectivity index (χ3v) is 4.43. The lowest BCUT2D eigenvalue weighted by atomic mass is 10.2. The Morgan fingerprint density at radius 1 is 1.11 bits per heavy atom. The molecular formula is C18H18N2O7S. The Balaban J connectivity index is 1.81. The predicted octanol–water partition coefficient (Wildman–Crippen LogP) is 2.89. The SMILES string of the molecule is COc1ccc(OC)c(NC(=O)COC(=O)CSc2ccc([N+](=O)[O-])cc2)c1. The average molecular weight is 406 g/mol. The topological polar surface area (TPSA) is 117 Å². The maximum Gasteiger partial charge on any atom is 0.316 e. The Labute approximate surface area is 165 Å². The highest BCUT2D eigenvalue weighted by atomic mass is 32.2. The first-order chi connectivity index (χ1) is 13.4. The number of carbonyl (C=O) groups excluding carboxylic acids is 2. The molecule has 10 heteroatoms. The zero-order valence-electron chi connectivity index (χ0n) is 15.2. The monoisotopic (exact) mass is 406 g/mol. The van der Waals surface area contributed by atoms with Crippen LogP contribution in [0.1, 0.15) is 0 Å². The van der Waals surface area contributed by atoms with Crippen molar-refractivity contribution < 1.29 is 28.7 Å². The number of carbonyl (C=O) groups is 2. The van der Waals surface area contributed by atoms with Gasteiger partial charge >= 0.3 is 5.97 Å². The molecule has 0 bridgehead atoms. The van der Waals surface area contributed by atoms with Crippen LogP contribution in [0.3, 0.4) is 0 Å². The number of nitro groups is 1. The second kappa shape index (κ2) is 10.2. The van der Waals surface area contributed by atoms with Crippen molar-refractivity contribution in [2.24, 2.45) is 0 Å². The van der Waals surface area contributed by atoms with E-state index in [0.29, 0.717) is 22.1 Å². The standard InChI is InChI=1S/C18H18N2O7S/c1-25-13-5-8-16(26-2)15(9-13)19-17(21)10-27-18(22)11-28-14-6-3-12(4-7-14)20(23)24/h3-9H,10-11H2,1-2H3,(H,19,21). The molecule has 0 aliphatic rings. The van der Waals surface area contributed by atoms with Gasteiger partial charge < -0.3 is 19.5 Å². The minimum atomic E-state index is -0.587. The van der Waals surface area contributed by atoms with E-state index in [9.17, 15) is 19.7 Å². The van der Waals surface area contributed by atoms with Crippen molar-refractivity contribution in [2.45, 2.75) is 4.90 Å². The molecular weight excluding hydrogens is 388 g/mol. The van der Waals surface area contributed by atoms with Gasteiger partial charge in [-0.3, -0.25) is 19.7 Å². The fraction of sp³-hybridized carbons (Fsp3) is 0.222. The summed E-state index contributed by atoms with van der Waals surface area (Å²) >= 11 is 1.15. The fourth-order valence-electron chi connectivity index (χ4n) is 2.09. The third-order valence-electron chi connectivity index (χ3n) is 3.45. The zero-order valence-corrected chi connectivity index (χ0v) is 16.0. The van der Waals surface area contributed by atoms with Gasteiger partial charge in [0.1, 0.15) is 11.5 Å². The summed E-state index contributed by atoms with van der Waals surface area (Å²) < 4.78 is 15.2. The van der Waals surface area contributed by atoms with Gasteiger partial charge in [-0.05, 0) is 24.3 Å². The minimum absolute atomic E-state index is 0.0310. The number of hydrogen-bond donors (Lipinski definition) is 1. The molecule has 2 aromatic rings. The van der Waals surface area contributed by atoms with Gasteiger partial charge in [0.05, 0.1) is 30.6 Å². The minimum Gasteiger partial charge on any atom is -0.497 e. The lowest BCUT2D eigenvalue weighted by Crippen LogP contribution is -2.22. The largest absolute Gasteiger partial charge is 0.497 e. The van der Waals surface area contributed by atoms with E-state index in [2.05, 4.69) is 5.32 Å². The van der Waals surface area contributed by atoms with Crippen LogP contribution in [0.15, 0.2) is 47.4 Å². The molecule has 0 saturated heterocycles. The molecule has 0 radical (unpaired) electrons. The summed E-state index contributed by atoms with van der Waals surface area (Å²) in [5.74, 6) is -0.175. The van der Waals surface area contributed by atoms with Gasteiger partial charge in [-0.25, -0.2) is 0 Å². The number of rotatable bonds is 9. The summed E-state index contributed by atoms with van der Waals surface area (Å²) in [7, 11) is 2.96. The molecule has 9 nitrogen and oxygen atoms in total. The lowest BCUT2D eigenvalue weighted by Gasteiger charge is -2.12. The van der Waals surface area contributed by atoms with E-state index in [0.717, 1.165) is 11.8 Å². The summed E-state index contributed by atoms with van der Waals surface area (Å²) in [5, 5.41) is 13.2. The lowest BCUT2D eigenvalue weighted by molar-refractivity contribution is -0.384. The van der Waals surface area contributed by atoms with Crippen molar-refractivity contribution in [1.29, 1.82) is 0 Å². The van der Waals surface area contributed by atoms with Gasteiger partial charge in [0, 0.05) is 23.1 Å². The number of esters is 1. The first-order valence-corrected chi connectivity index (χ1v) is 8.96. The van der Waals surface area contributed by atoms with E-state index < -0.39 is 23.4 Å². The number of non-ortho nitro benzene ring substituents is 1. The second-order valence-corrected chi connectivity index (χ2v) is 6.36. The Hall–Kier alpha value is -3.27. The van der Waals surface area contributed by atoms with E-state index in [1.807, 2.05) is 0 Å². The van der Waals surface area contributed by atoms with Crippen molar-refractivity contribution in [1.82, 2.24) is 0 Å². The van der Waals surface area contributed by atoms with Gasteiger partial charge in [0.25, 0.3) is 11.6 Å². The number of nitrogens with one attached hydrogen (secondary N) is 1. The van der Waals surface area contributed by atoms with Crippen molar-refractivity contribution in [2.75, 3.05) is 31.9 Å². The maximum atomic E-state index is 12.0. The molecule has 0 unspecified atom stereocenters. The van der Waals surface area contributed by atoms with Crippen molar-refractivity contribution in [3.8, 4) is 11.5 Å². The van der Waals surface area contributed by atoms with Crippen molar-refractivity contribution in [3.05, 3.63) is 52.6 Å². The number of thioether (sulfide) groups is 1. The molecule has 1 amide bonds. The number of amides is 1. The van der Waals surface area contributed by atoms with E-state index in [1.165, 1.54) is 38.5 Å². The van der Waals surface area contributed by atoms with Crippen LogP contribution in [0, 0.1) is 10.1 Å². The summed E-state index contributed by atoms with van der Waals surface area (Å²) in [6.07, 6.45) is 0. The number of nitro benzene ring substituents is 1. The molecule has 0 fully saturated rings. The maximum absolute atomic E-state index is 12.0. The van der Waals surface area contributed by atoms with Gasteiger partial charge in [0.2, 0.25) is 0 Å². The molecule has 0 aromatic heterocycles. The number of anilines is 1. The van der Waals surface area contributed by atoms with E-state index in [1.54, 1.807) is 18.2 Å². The van der Waals surface area contributed by atoms with E-state index >= 15 is 0 Å². The molecule has 148 valence electrons. The molecule has 1 N–H and O–H groups in total. The molecule has 0 spiro atoms. The Bertz CT molecular complexity index is 856. The number of methoxy groups -OCH3 is 2. The first kappa shape index (κ1) is 21.0. The smallest absolute Gasteiger partial charge is 0.316 e. The van der Waals surface area contributed by atoms with Crippen LogP contribution in [0.2, 0.25) is 0 Å².